The number of rotatable bonds is 9. The molecule has 0 unspecified atom stereocenters. The Kier molecular flexibility index (Phi) is 12.4. The van der Waals surface area contributed by atoms with E-state index < -0.39 is 0 Å². The molecule has 1 aliphatic rings. The number of piperazine rings is 1. The van der Waals surface area contributed by atoms with Crippen LogP contribution in [0.2, 0.25) is 0 Å². The van der Waals surface area contributed by atoms with E-state index in [1.165, 1.54) is 0 Å². The lowest BCUT2D eigenvalue weighted by atomic mass is 10.3. The van der Waals surface area contributed by atoms with Gasteiger partial charge in [-0.3, -0.25) is 4.79 Å². The van der Waals surface area contributed by atoms with Gasteiger partial charge in [-0.1, -0.05) is 0 Å². The van der Waals surface area contributed by atoms with Crippen LogP contribution in [-0.2, 0) is 9.53 Å². The summed E-state index contributed by atoms with van der Waals surface area (Å²) in [7, 11) is 0. The van der Waals surface area contributed by atoms with E-state index in [1.54, 1.807) is 0 Å². The Labute approximate surface area is 122 Å². The Hall–Kier alpha value is -0.360. The van der Waals surface area contributed by atoms with Crippen molar-refractivity contribution in [2.24, 2.45) is 0 Å². The molecule has 0 spiro atoms. The van der Waals surface area contributed by atoms with Crippen molar-refractivity contribution in [3.05, 3.63) is 0 Å². The lowest BCUT2D eigenvalue weighted by Gasteiger charge is -2.27. The number of halogens is 1. The van der Waals surface area contributed by atoms with Crippen molar-refractivity contribution < 1.29 is 9.53 Å². The van der Waals surface area contributed by atoms with E-state index in [9.17, 15) is 4.79 Å². The highest BCUT2D eigenvalue weighted by Gasteiger charge is 2.08. The Morgan fingerprint density at radius 1 is 1.32 bits per heavy atom. The lowest BCUT2D eigenvalue weighted by Crippen LogP contribution is -2.44. The quantitative estimate of drug-likeness (QED) is 0.613. The fourth-order valence-electron chi connectivity index (χ4n) is 2.03. The maximum absolute atomic E-state index is 11.5. The van der Waals surface area contributed by atoms with E-state index in [0.29, 0.717) is 13.0 Å². The highest BCUT2D eigenvalue weighted by atomic mass is 35.5. The second-order valence-corrected chi connectivity index (χ2v) is 4.60. The molecule has 0 aliphatic carbocycles. The minimum absolute atomic E-state index is 0. The van der Waals surface area contributed by atoms with Crippen molar-refractivity contribution in [1.29, 1.82) is 0 Å². The Bertz CT molecular complexity index is 224. The molecule has 0 atom stereocenters. The van der Waals surface area contributed by atoms with Gasteiger partial charge in [-0.2, -0.15) is 0 Å². The van der Waals surface area contributed by atoms with Crippen molar-refractivity contribution in [2.45, 2.75) is 26.2 Å². The lowest BCUT2D eigenvalue weighted by molar-refractivity contribution is -0.121. The first kappa shape index (κ1) is 18.6. The molecule has 1 fully saturated rings. The normalized spacial score (nSPS) is 15.8. The molecule has 0 aromatic rings. The molecule has 0 bridgehead atoms. The van der Waals surface area contributed by atoms with E-state index >= 15 is 0 Å². The fourth-order valence-corrected chi connectivity index (χ4v) is 2.03. The van der Waals surface area contributed by atoms with Gasteiger partial charge in [-0.05, 0) is 26.3 Å². The third-order valence-corrected chi connectivity index (χ3v) is 3.08. The summed E-state index contributed by atoms with van der Waals surface area (Å²) in [6.07, 6.45) is 2.43. The van der Waals surface area contributed by atoms with Crippen LogP contribution < -0.4 is 10.6 Å². The molecule has 1 rings (SSSR count). The summed E-state index contributed by atoms with van der Waals surface area (Å²) in [5.41, 5.74) is 0. The first-order valence-corrected chi connectivity index (χ1v) is 7.10. The number of hydrogen-bond donors (Lipinski definition) is 2. The average Bonchev–Trinajstić information content (AvgIpc) is 2.41. The molecular weight excluding hydrogens is 266 g/mol. The zero-order chi connectivity index (χ0) is 13.1. The number of carbonyl (C=O) groups is 1. The SMILES string of the molecule is CCOCCCC(=O)NCCCN1CCNCC1.Cl. The van der Waals surface area contributed by atoms with Crippen molar-refractivity contribution in [1.82, 2.24) is 15.5 Å². The van der Waals surface area contributed by atoms with Gasteiger partial charge in [-0.25, -0.2) is 0 Å². The second kappa shape index (κ2) is 12.7. The predicted molar refractivity (Wildman–Crippen MR) is 79.9 cm³/mol. The molecular formula is C13H28ClN3O2. The zero-order valence-electron chi connectivity index (χ0n) is 12.0. The molecule has 0 radical (unpaired) electrons. The zero-order valence-corrected chi connectivity index (χ0v) is 12.8. The maximum Gasteiger partial charge on any atom is 0.220 e. The van der Waals surface area contributed by atoms with Gasteiger partial charge in [0, 0.05) is 52.4 Å². The number of amides is 1. The standard InChI is InChI=1S/C13H27N3O2.ClH/c1-2-18-12-3-5-13(17)15-6-4-9-16-10-7-14-8-11-16;/h14H,2-12H2,1H3,(H,15,17);1H. The van der Waals surface area contributed by atoms with Crippen LogP contribution in [0, 0.1) is 0 Å². The molecule has 1 saturated heterocycles. The van der Waals surface area contributed by atoms with Gasteiger partial charge in [0.05, 0.1) is 0 Å². The van der Waals surface area contributed by atoms with E-state index in [2.05, 4.69) is 15.5 Å². The number of ether oxygens (including phenoxy) is 1. The summed E-state index contributed by atoms with van der Waals surface area (Å²) in [4.78, 5) is 13.9. The summed E-state index contributed by atoms with van der Waals surface area (Å²) in [5, 5.41) is 6.30. The topological polar surface area (TPSA) is 53.6 Å². The Morgan fingerprint density at radius 3 is 2.74 bits per heavy atom. The van der Waals surface area contributed by atoms with Gasteiger partial charge in [0.15, 0.2) is 0 Å². The summed E-state index contributed by atoms with van der Waals surface area (Å²) in [6.45, 7) is 9.68. The van der Waals surface area contributed by atoms with E-state index in [-0.39, 0.29) is 18.3 Å². The molecule has 0 aromatic heterocycles. The number of carbonyl (C=O) groups excluding carboxylic acids is 1. The summed E-state index contributed by atoms with van der Waals surface area (Å²) in [5.74, 6) is 0.148. The molecule has 1 heterocycles. The smallest absolute Gasteiger partial charge is 0.220 e. The van der Waals surface area contributed by atoms with Crippen molar-refractivity contribution >= 4 is 18.3 Å². The van der Waals surface area contributed by atoms with Crippen molar-refractivity contribution in [3.8, 4) is 0 Å². The highest BCUT2D eigenvalue weighted by molar-refractivity contribution is 5.85. The Balaban J connectivity index is 0.00000324. The molecule has 114 valence electrons. The number of nitrogens with zero attached hydrogens (tertiary/aromatic N) is 1. The summed E-state index contributed by atoms with van der Waals surface area (Å²) in [6, 6.07) is 0. The van der Waals surface area contributed by atoms with Crippen LogP contribution in [0.4, 0.5) is 0 Å². The Morgan fingerprint density at radius 2 is 2.05 bits per heavy atom. The molecule has 6 heteroatoms. The molecule has 1 aliphatic heterocycles. The molecule has 0 saturated carbocycles. The minimum Gasteiger partial charge on any atom is -0.382 e. The van der Waals surface area contributed by atoms with Gasteiger partial charge >= 0.3 is 0 Å². The fraction of sp³-hybridized carbons (Fsp3) is 0.923. The first-order chi connectivity index (χ1) is 8.83. The van der Waals surface area contributed by atoms with Crippen LogP contribution in [-0.4, -0.2) is 63.3 Å². The third kappa shape index (κ3) is 10.1. The van der Waals surface area contributed by atoms with Gasteiger partial charge in [0.25, 0.3) is 0 Å². The van der Waals surface area contributed by atoms with Crippen molar-refractivity contribution in [2.75, 3.05) is 52.5 Å². The van der Waals surface area contributed by atoms with Crippen LogP contribution in [0.3, 0.4) is 0 Å². The minimum atomic E-state index is 0. The molecule has 1 amide bonds. The van der Waals surface area contributed by atoms with E-state index in [4.69, 9.17) is 4.74 Å². The molecule has 0 aromatic carbocycles. The molecule has 5 nitrogen and oxygen atoms in total. The first-order valence-electron chi connectivity index (χ1n) is 7.10. The van der Waals surface area contributed by atoms with Gasteiger partial charge in [0.2, 0.25) is 5.91 Å². The van der Waals surface area contributed by atoms with Crippen LogP contribution in [0.1, 0.15) is 26.2 Å². The summed E-state index contributed by atoms with van der Waals surface area (Å²) >= 11 is 0. The van der Waals surface area contributed by atoms with Crippen LogP contribution >= 0.6 is 12.4 Å². The highest BCUT2D eigenvalue weighted by Crippen LogP contribution is 1.94. The van der Waals surface area contributed by atoms with Crippen LogP contribution in [0.15, 0.2) is 0 Å². The average molecular weight is 294 g/mol. The maximum atomic E-state index is 11.5. The van der Waals surface area contributed by atoms with E-state index in [1.807, 2.05) is 6.92 Å². The van der Waals surface area contributed by atoms with Gasteiger partial charge < -0.3 is 20.3 Å². The second-order valence-electron chi connectivity index (χ2n) is 4.60. The summed E-state index contributed by atoms with van der Waals surface area (Å²) < 4.78 is 5.20. The number of nitrogens with one attached hydrogen (secondary N) is 2. The van der Waals surface area contributed by atoms with Gasteiger partial charge in [-0.15, -0.1) is 12.4 Å². The van der Waals surface area contributed by atoms with E-state index in [0.717, 1.165) is 58.7 Å². The third-order valence-electron chi connectivity index (χ3n) is 3.08. The predicted octanol–water partition coefficient (Wildman–Crippen LogP) is 0.636. The molecule has 2 N–H and O–H groups in total. The largest absolute Gasteiger partial charge is 0.382 e. The van der Waals surface area contributed by atoms with Crippen LogP contribution in [0.5, 0.6) is 0 Å². The van der Waals surface area contributed by atoms with Crippen molar-refractivity contribution in [3.63, 3.8) is 0 Å². The van der Waals surface area contributed by atoms with Gasteiger partial charge in [0.1, 0.15) is 0 Å². The molecule has 19 heavy (non-hydrogen) atoms. The number of hydrogen-bond acceptors (Lipinski definition) is 4. The van der Waals surface area contributed by atoms with Crippen LogP contribution in [0.25, 0.3) is 0 Å². The monoisotopic (exact) mass is 293 g/mol.